The van der Waals surface area contributed by atoms with E-state index in [4.69, 9.17) is 23.2 Å². The molecule has 5 rings (SSSR count). The molecule has 32 heavy (non-hydrogen) atoms. The Hall–Kier alpha value is -2.63. The van der Waals surface area contributed by atoms with E-state index in [9.17, 15) is 14.4 Å². The predicted molar refractivity (Wildman–Crippen MR) is 124 cm³/mol. The summed E-state index contributed by atoms with van der Waals surface area (Å²) in [6.45, 7) is 5.52. The minimum absolute atomic E-state index is 0.0655. The molecule has 0 radical (unpaired) electrons. The molecule has 3 aliphatic heterocycles. The lowest BCUT2D eigenvalue weighted by atomic mass is 9.79. The van der Waals surface area contributed by atoms with Crippen LogP contribution in [0.5, 0.6) is 0 Å². The molecule has 3 aliphatic rings. The highest BCUT2D eigenvalue weighted by Crippen LogP contribution is 2.54. The molecule has 164 valence electrons. The number of carbonyl (C=O) groups excluding carboxylic acids is 3. The molecule has 2 aromatic rings. The van der Waals surface area contributed by atoms with Gasteiger partial charge in [-0.15, -0.1) is 0 Å². The van der Waals surface area contributed by atoms with Gasteiger partial charge in [0, 0.05) is 16.6 Å². The van der Waals surface area contributed by atoms with Gasteiger partial charge < -0.3 is 4.90 Å². The van der Waals surface area contributed by atoms with Gasteiger partial charge in [-0.3, -0.25) is 14.4 Å². The van der Waals surface area contributed by atoms with Gasteiger partial charge in [0.05, 0.1) is 28.6 Å². The Kier molecular flexibility index (Phi) is 4.77. The van der Waals surface area contributed by atoms with Crippen LogP contribution in [0.2, 0.25) is 10.0 Å². The van der Waals surface area contributed by atoms with E-state index in [1.165, 1.54) is 6.07 Å². The van der Waals surface area contributed by atoms with E-state index < -0.39 is 35.2 Å². The largest absolute Gasteiger partial charge is 0.359 e. The molecular formula is C25H22Cl2N2O3. The number of benzene rings is 2. The predicted octanol–water partition coefficient (Wildman–Crippen LogP) is 5.12. The summed E-state index contributed by atoms with van der Waals surface area (Å²) in [6, 6.07) is 11.3. The Balaban J connectivity index is 1.68. The van der Waals surface area contributed by atoms with E-state index in [1.807, 2.05) is 62.2 Å². The lowest BCUT2D eigenvalue weighted by molar-refractivity contribution is -0.135. The zero-order valence-corrected chi connectivity index (χ0v) is 19.4. The number of anilines is 1. The second-order valence-corrected chi connectivity index (χ2v) is 10.4. The molecule has 2 fully saturated rings. The molecule has 0 unspecified atom stereocenters. The van der Waals surface area contributed by atoms with Crippen LogP contribution in [0.3, 0.4) is 0 Å². The van der Waals surface area contributed by atoms with Crippen LogP contribution in [0.1, 0.15) is 37.9 Å². The third-order valence-corrected chi connectivity index (χ3v) is 7.16. The maximum Gasteiger partial charge on any atom is 0.240 e. The van der Waals surface area contributed by atoms with Crippen LogP contribution in [0.15, 0.2) is 48.7 Å². The highest BCUT2D eigenvalue weighted by atomic mass is 35.5. The first-order valence-corrected chi connectivity index (χ1v) is 11.3. The number of ketones is 1. The first kappa shape index (κ1) is 21.2. The number of imide groups is 1. The topological polar surface area (TPSA) is 57.7 Å². The molecule has 4 atom stereocenters. The first-order chi connectivity index (χ1) is 15.1. The number of amides is 2. The summed E-state index contributed by atoms with van der Waals surface area (Å²) >= 11 is 12.4. The Morgan fingerprint density at radius 3 is 2.34 bits per heavy atom. The fraction of sp³-hybridized carbons (Fsp3) is 0.320. The summed E-state index contributed by atoms with van der Waals surface area (Å²) in [4.78, 5) is 44.2. The highest BCUT2D eigenvalue weighted by molar-refractivity contribution is 6.38. The van der Waals surface area contributed by atoms with Crippen molar-refractivity contribution in [2.24, 2.45) is 17.3 Å². The monoisotopic (exact) mass is 468 g/mol. The number of Topliss-reactive ketones (excluding diaryl/α,β-unsaturated/α-hetero) is 1. The van der Waals surface area contributed by atoms with Crippen molar-refractivity contribution >= 4 is 52.6 Å². The molecule has 7 heteroatoms. The van der Waals surface area contributed by atoms with Crippen LogP contribution in [0.4, 0.5) is 5.69 Å². The maximum absolute atomic E-state index is 13.8. The fourth-order valence-electron chi connectivity index (χ4n) is 5.20. The van der Waals surface area contributed by atoms with Crippen molar-refractivity contribution in [2.75, 3.05) is 4.90 Å². The molecule has 0 saturated carbocycles. The molecule has 0 spiro atoms. The molecule has 2 amide bonds. The number of fused-ring (bicyclic) bond motifs is 5. The average molecular weight is 469 g/mol. The maximum atomic E-state index is 13.8. The lowest BCUT2D eigenvalue weighted by Crippen LogP contribution is -2.47. The molecule has 3 heterocycles. The minimum Gasteiger partial charge on any atom is -0.359 e. The van der Waals surface area contributed by atoms with Gasteiger partial charge in [0.15, 0.2) is 5.78 Å². The van der Waals surface area contributed by atoms with Gasteiger partial charge in [-0.2, -0.15) is 0 Å². The molecular weight excluding hydrogens is 447 g/mol. The van der Waals surface area contributed by atoms with Gasteiger partial charge in [-0.05, 0) is 35.4 Å². The quantitative estimate of drug-likeness (QED) is 0.573. The van der Waals surface area contributed by atoms with E-state index in [0.29, 0.717) is 10.7 Å². The van der Waals surface area contributed by atoms with Crippen molar-refractivity contribution in [1.29, 1.82) is 0 Å². The summed E-state index contributed by atoms with van der Waals surface area (Å²) < 4.78 is 0. The smallest absolute Gasteiger partial charge is 0.240 e. The number of carbonyl (C=O) groups is 3. The van der Waals surface area contributed by atoms with Crippen LogP contribution >= 0.6 is 23.2 Å². The summed E-state index contributed by atoms with van der Waals surface area (Å²) in [5.74, 6) is -2.27. The van der Waals surface area contributed by atoms with Crippen molar-refractivity contribution in [2.45, 2.75) is 32.9 Å². The van der Waals surface area contributed by atoms with Crippen molar-refractivity contribution in [1.82, 2.24) is 4.90 Å². The van der Waals surface area contributed by atoms with Crippen molar-refractivity contribution < 1.29 is 14.4 Å². The van der Waals surface area contributed by atoms with Gasteiger partial charge >= 0.3 is 0 Å². The van der Waals surface area contributed by atoms with Gasteiger partial charge in [-0.1, -0.05) is 68.2 Å². The van der Waals surface area contributed by atoms with Gasteiger partial charge in [0.1, 0.15) is 6.04 Å². The van der Waals surface area contributed by atoms with Gasteiger partial charge in [0.2, 0.25) is 11.8 Å². The van der Waals surface area contributed by atoms with Gasteiger partial charge in [0.25, 0.3) is 0 Å². The molecule has 2 aromatic carbocycles. The van der Waals surface area contributed by atoms with Crippen LogP contribution in [0.25, 0.3) is 6.08 Å². The second-order valence-electron chi connectivity index (χ2n) is 9.55. The Bertz CT molecular complexity index is 1200. The molecule has 0 aromatic heterocycles. The third kappa shape index (κ3) is 2.95. The molecule has 0 bridgehead atoms. The van der Waals surface area contributed by atoms with E-state index in [1.54, 1.807) is 12.1 Å². The van der Waals surface area contributed by atoms with Crippen LogP contribution in [0, 0.1) is 17.3 Å². The van der Waals surface area contributed by atoms with Crippen molar-refractivity contribution in [3.05, 3.63) is 69.8 Å². The Labute approximate surface area is 196 Å². The zero-order chi connectivity index (χ0) is 22.9. The fourth-order valence-corrected chi connectivity index (χ4v) is 5.69. The standard InChI is InChI=1S/C25H22Cl2N2O3/c1-25(2,3)22(30)21-19-18(20-15-7-5-4-6-13(15)10-11-28(20)21)23(31)29(24(19)32)17-9-8-14(26)12-16(17)27/h4-12,18-21H,1-3H3/t18-,19+,20-,21-/m0/s1. The summed E-state index contributed by atoms with van der Waals surface area (Å²) in [5, 5.41) is 0.634. The van der Waals surface area contributed by atoms with Crippen LogP contribution in [-0.4, -0.2) is 28.5 Å². The minimum atomic E-state index is -0.790. The molecule has 0 aliphatic carbocycles. The van der Waals surface area contributed by atoms with Crippen LogP contribution < -0.4 is 4.90 Å². The van der Waals surface area contributed by atoms with E-state index >= 15 is 0 Å². The number of hydrogen-bond donors (Lipinski definition) is 0. The molecule has 5 nitrogen and oxygen atoms in total. The van der Waals surface area contributed by atoms with Crippen molar-refractivity contribution in [3.63, 3.8) is 0 Å². The molecule has 2 saturated heterocycles. The SMILES string of the molecule is CC(C)(C)C(=O)[C@@H]1[C@@H]2C(=O)N(c3ccc(Cl)cc3Cl)C(=O)[C@@H]2[C@@H]2c3ccccc3C=CN12. The summed E-state index contributed by atoms with van der Waals surface area (Å²) in [6.07, 6.45) is 3.80. The average Bonchev–Trinajstić information content (AvgIpc) is 3.20. The second kappa shape index (κ2) is 7.19. The number of rotatable bonds is 2. The van der Waals surface area contributed by atoms with Crippen LogP contribution in [-0.2, 0) is 14.4 Å². The first-order valence-electron chi connectivity index (χ1n) is 10.5. The summed E-state index contributed by atoms with van der Waals surface area (Å²) in [7, 11) is 0. The van der Waals surface area contributed by atoms with E-state index in [0.717, 1.165) is 16.0 Å². The lowest BCUT2D eigenvalue weighted by Gasteiger charge is -2.37. The number of hydrogen-bond acceptors (Lipinski definition) is 4. The zero-order valence-electron chi connectivity index (χ0n) is 17.9. The summed E-state index contributed by atoms with van der Waals surface area (Å²) in [5.41, 5.74) is 1.55. The van der Waals surface area contributed by atoms with E-state index in [2.05, 4.69) is 0 Å². The number of halogens is 2. The Morgan fingerprint density at radius 1 is 0.969 bits per heavy atom. The molecule has 0 N–H and O–H groups in total. The van der Waals surface area contributed by atoms with E-state index in [-0.39, 0.29) is 16.7 Å². The highest BCUT2D eigenvalue weighted by Gasteiger charge is 2.65. The van der Waals surface area contributed by atoms with Gasteiger partial charge in [-0.25, -0.2) is 4.90 Å². The number of nitrogens with zero attached hydrogens (tertiary/aromatic N) is 2. The van der Waals surface area contributed by atoms with Crippen molar-refractivity contribution in [3.8, 4) is 0 Å². The normalized spacial score (nSPS) is 26.3. The Morgan fingerprint density at radius 2 is 1.66 bits per heavy atom. The third-order valence-electron chi connectivity index (χ3n) is 6.62.